The second kappa shape index (κ2) is 6.02. The molecule has 1 aromatic carbocycles. The number of anilines is 1. The summed E-state index contributed by atoms with van der Waals surface area (Å²) >= 11 is 5.87. The molecule has 0 aliphatic carbocycles. The fourth-order valence-corrected chi connectivity index (χ4v) is 2.54. The summed E-state index contributed by atoms with van der Waals surface area (Å²) < 4.78 is 13.5. The van der Waals surface area contributed by atoms with Gasteiger partial charge in [-0.3, -0.25) is 9.59 Å². The number of carbonyl (C=O) groups excluding carboxylic acids is 2. The first-order chi connectivity index (χ1) is 9.56. The number of rotatable bonds is 3. The van der Waals surface area contributed by atoms with Crippen molar-refractivity contribution in [2.24, 2.45) is 5.92 Å². The predicted octanol–water partition coefficient (Wildman–Crippen LogP) is 2.70. The average molecular weight is 295 g/mol. The highest BCUT2D eigenvalue weighted by molar-refractivity contribution is 6.34. The van der Waals surface area contributed by atoms with Crippen LogP contribution in [0.25, 0.3) is 0 Å². The topological polar surface area (TPSA) is 61.2 Å². The van der Waals surface area contributed by atoms with Crippen molar-refractivity contribution in [3.05, 3.63) is 29.0 Å². The lowest BCUT2D eigenvalue weighted by molar-refractivity contribution is -0.133. The molecule has 1 fully saturated rings. The summed E-state index contributed by atoms with van der Waals surface area (Å²) in [6.45, 7) is 0.387. The Kier molecular flexibility index (Phi) is 4.35. The van der Waals surface area contributed by atoms with Crippen LogP contribution in [-0.4, -0.2) is 18.2 Å². The van der Waals surface area contributed by atoms with Gasteiger partial charge in [-0.05, 0) is 25.0 Å². The second-order valence-electron chi connectivity index (χ2n) is 4.56. The van der Waals surface area contributed by atoms with E-state index in [2.05, 4.69) is 0 Å². The summed E-state index contributed by atoms with van der Waals surface area (Å²) in [5, 5.41) is 8.42. The van der Waals surface area contributed by atoms with Crippen LogP contribution in [0.4, 0.5) is 10.1 Å². The van der Waals surface area contributed by atoms with Crippen molar-refractivity contribution in [1.82, 2.24) is 0 Å². The quantitative estimate of drug-likeness (QED) is 0.805. The molecule has 0 saturated carbocycles. The van der Waals surface area contributed by atoms with Gasteiger partial charge in [-0.1, -0.05) is 17.7 Å². The first kappa shape index (κ1) is 14.5. The molecule has 2 rings (SSSR count). The molecular weight excluding hydrogens is 283 g/mol. The molecule has 0 bridgehead atoms. The van der Waals surface area contributed by atoms with E-state index in [-0.39, 0.29) is 17.1 Å². The molecule has 1 unspecified atom stereocenters. The van der Waals surface area contributed by atoms with E-state index >= 15 is 0 Å². The molecule has 1 amide bonds. The summed E-state index contributed by atoms with van der Waals surface area (Å²) in [5.74, 6) is -2.25. The normalized spacial score (nSPS) is 18.8. The fourth-order valence-electron chi connectivity index (χ4n) is 2.32. The highest BCUT2D eigenvalue weighted by atomic mass is 35.5. The van der Waals surface area contributed by atoms with Gasteiger partial charge in [0, 0.05) is 6.54 Å². The molecule has 0 N–H and O–H groups in total. The number of amides is 1. The summed E-state index contributed by atoms with van der Waals surface area (Å²) in [6.07, 6.45) is 0.740. The summed E-state index contributed by atoms with van der Waals surface area (Å²) in [6, 6.07) is 5.97. The Morgan fingerprint density at radius 3 is 3.00 bits per heavy atom. The van der Waals surface area contributed by atoms with Gasteiger partial charge in [-0.2, -0.15) is 5.26 Å². The molecular formula is C14H12ClFN2O2. The zero-order valence-electron chi connectivity index (χ0n) is 10.6. The average Bonchev–Trinajstić information content (AvgIpc) is 2.43. The zero-order valence-corrected chi connectivity index (χ0v) is 11.4. The summed E-state index contributed by atoms with van der Waals surface area (Å²) in [4.78, 5) is 25.4. The van der Waals surface area contributed by atoms with E-state index in [1.165, 1.54) is 17.0 Å². The lowest BCUT2D eigenvalue weighted by Crippen LogP contribution is -2.44. The molecule has 1 saturated heterocycles. The zero-order chi connectivity index (χ0) is 14.7. The van der Waals surface area contributed by atoms with E-state index in [4.69, 9.17) is 16.9 Å². The van der Waals surface area contributed by atoms with Gasteiger partial charge in [0.15, 0.2) is 5.78 Å². The number of nitrogens with zero attached hydrogens (tertiary/aromatic N) is 2. The van der Waals surface area contributed by atoms with Crippen LogP contribution in [0.5, 0.6) is 0 Å². The van der Waals surface area contributed by atoms with Crippen LogP contribution >= 0.6 is 11.6 Å². The second-order valence-corrected chi connectivity index (χ2v) is 4.94. The Morgan fingerprint density at radius 2 is 2.30 bits per heavy atom. The SMILES string of the molecule is N#CCC(=O)C1CCCN(c2cccc(F)c2Cl)C1=O. The van der Waals surface area contributed by atoms with E-state index in [9.17, 15) is 14.0 Å². The molecule has 1 aromatic rings. The van der Waals surface area contributed by atoms with Crippen molar-refractivity contribution in [2.75, 3.05) is 11.4 Å². The summed E-state index contributed by atoms with van der Waals surface area (Å²) in [7, 11) is 0. The van der Waals surface area contributed by atoms with Gasteiger partial charge in [0.25, 0.3) is 0 Å². The van der Waals surface area contributed by atoms with Crippen LogP contribution in [0.15, 0.2) is 18.2 Å². The molecule has 1 atom stereocenters. The number of carbonyl (C=O) groups is 2. The lowest BCUT2D eigenvalue weighted by Gasteiger charge is -2.32. The third-order valence-corrected chi connectivity index (χ3v) is 3.68. The van der Waals surface area contributed by atoms with Gasteiger partial charge in [0.05, 0.1) is 24.1 Å². The van der Waals surface area contributed by atoms with Crippen molar-refractivity contribution in [3.8, 4) is 6.07 Å². The van der Waals surface area contributed by atoms with Crippen LogP contribution < -0.4 is 4.90 Å². The maximum absolute atomic E-state index is 13.5. The highest BCUT2D eigenvalue weighted by Crippen LogP contribution is 2.32. The molecule has 6 heteroatoms. The van der Waals surface area contributed by atoms with Crippen LogP contribution in [-0.2, 0) is 9.59 Å². The van der Waals surface area contributed by atoms with E-state index in [1.807, 2.05) is 0 Å². The largest absolute Gasteiger partial charge is 0.310 e. The highest BCUT2D eigenvalue weighted by Gasteiger charge is 2.35. The van der Waals surface area contributed by atoms with Crippen molar-refractivity contribution in [3.63, 3.8) is 0 Å². The van der Waals surface area contributed by atoms with E-state index in [0.717, 1.165) is 0 Å². The molecule has 1 heterocycles. The number of ketones is 1. The van der Waals surface area contributed by atoms with Gasteiger partial charge in [-0.25, -0.2) is 4.39 Å². The van der Waals surface area contributed by atoms with Gasteiger partial charge >= 0.3 is 0 Å². The predicted molar refractivity (Wildman–Crippen MR) is 71.7 cm³/mol. The van der Waals surface area contributed by atoms with Gasteiger partial charge in [0.2, 0.25) is 5.91 Å². The number of Topliss-reactive ketones (excluding diaryl/α,β-unsaturated/α-hetero) is 1. The van der Waals surface area contributed by atoms with Crippen LogP contribution in [0.3, 0.4) is 0 Å². The molecule has 0 radical (unpaired) electrons. The van der Waals surface area contributed by atoms with Gasteiger partial charge in [-0.15, -0.1) is 0 Å². The smallest absolute Gasteiger partial charge is 0.237 e. The monoisotopic (exact) mass is 294 g/mol. The minimum atomic E-state index is -0.831. The minimum absolute atomic E-state index is 0.130. The third-order valence-electron chi connectivity index (χ3n) is 3.30. The Morgan fingerprint density at radius 1 is 1.55 bits per heavy atom. The summed E-state index contributed by atoms with van der Waals surface area (Å²) in [5.41, 5.74) is 0.270. The number of halogens is 2. The molecule has 1 aliphatic rings. The Hall–Kier alpha value is -1.93. The maximum Gasteiger partial charge on any atom is 0.237 e. The molecule has 0 aromatic heterocycles. The number of benzene rings is 1. The van der Waals surface area contributed by atoms with E-state index in [0.29, 0.717) is 19.4 Å². The van der Waals surface area contributed by atoms with Gasteiger partial charge in [0.1, 0.15) is 10.8 Å². The molecule has 104 valence electrons. The number of hydrogen-bond donors (Lipinski definition) is 0. The molecule has 20 heavy (non-hydrogen) atoms. The van der Waals surface area contributed by atoms with E-state index < -0.39 is 23.4 Å². The van der Waals surface area contributed by atoms with Gasteiger partial charge < -0.3 is 4.90 Å². The van der Waals surface area contributed by atoms with Crippen LogP contribution in [0.2, 0.25) is 5.02 Å². The Labute approximate surface area is 120 Å². The third kappa shape index (κ3) is 2.66. The van der Waals surface area contributed by atoms with E-state index in [1.54, 1.807) is 12.1 Å². The van der Waals surface area contributed by atoms with Crippen molar-refractivity contribution >= 4 is 29.0 Å². The Balaban J connectivity index is 2.29. The van der Waals surface area contributed by atoms with Crippen LogP contribution in [0, 0.1) is 23.1 Å². The molecule has 1 aliphatic heterocycles. The number of piperidine rings is 1. The fraction of sp³-hybridized carbons (Fsp3) is 0.357. The number of hydrogen-bond acceptors (Lipinski definition) is 3. The Bertz CT molecular complexity index is 597. The van der Waals surface area contributed by atoms with Crippen molar-refractivity contribution in [1.29, 1.82) is 5.26 Å². The van der Waals surface area contributed by atoms with Crippen molar-refractivity contribution < 1.29 is 14.0 Å². The lowest BCUT2D eigenvalue weighted by atomic mass is 9.91. The first-order valence-corrected chi connectivity index (χ1v) is 6.59. The standard InChI is InChI=1S/C14H12ClFN2O2/c15-13-10(16)4-1-5-11(13)18-8-2-3-9(14(18)20)12(19)6-7-17/h1,4-5,9H,2-3,6,8H2. The first-order valence-electron chi connectivity index (χ1n) is 6.21. The minimum Gasteiger partial charge on any atom is -0.310 e. The maximum atomic E-state index is 13.5. The molecule has 0 spiro atoms. The van der Waals surface area contributed by atoms with Crippen molar-refractivity contribution in [2.45, 2.75) is 19.3 Å². The number of nitriles is 1. The molecule has 4 nitrogen and oxygen atoms in total. The van der Waals surface area contributed by atoms with Crippen LogP contribution in [0.1, 0.15) is 19.3 Å².